The van der Waals surface area contributed by atoms with Crippen LogP contribution in [0.1, 0.15) is 0 Å². The molecular weight excluding hydrogens is 799 g/mol. The van der Waals surface area contributed by atoms with Gasteiger partial charge in [-0.2, -0.15) is 0 Å². The molecule has 0 saturated carbocycles. The van der Waals surface area contributed by atoms with Crippen LogP contribution in [-0.4, -0.2) is 0 Å². The second-order valence-corrected chi connectivity index (χ2v) is 17.2. The fourth-order valence-corrected chi connectivity index (χ4v) is 10.2. The van der Waals surface area contributed by atoms with Crippen LogP contribution in [0.5, 0.6) is 11.5 Å². The van der Waals surface area contributed by atoms with E-state index < -0.39 is 0 Å². The zero-order valence-electron chi connectivity index (χ0n) is 34.7. The normalized spacial score (nSPS) is 11.4. The van der Waals surface area contributed by atoms with Crippen LogP contribution < -0.4 is 9.64 Å². The number of nitrogens with zero attached hydrogens (tertiary/aromatic N) is 1. The molecule has 0 aliphatic rings. The van der Waals surface area contributed by atoms with Crippen molar-refractivity contribution in [2.24, 2.45) is 0 Å². The van der Waals surface area contributed by atoms with E-state index in [4.69, 9.17) is 9.15 Å². The Morgan fingerprint density at radius 2 is 0.922 bits per heavy atom. The summed E-state index contributed by atoms with van der Waals surface area (Å²) in [6, 6.07) is 83.7. The maximum absolute atomic E-state index is 7.05. The van der Waals surface area contributed by atoms with Gasteiger partial charge in [-0.05, 0) is 106 Å². The summed E-state index contributed by atoms with van der Waals surface area (Å²) in [4.78, 5) is 2.39. The van der Waals surface area contributed by atoms with Gasteiger partial charge in [0.25, 0.3) is 0 Å². The average Bonchev–Trinajstić information content (AvgIpc) is 3.93. The molecule has 0 unspecified atom stereocenters. The molecule has 12 aromatic rings. The van der Waals surface area contributed by atoms with Gasteiger partial charge in [-0.3, -0.25) is 0 Å². The monoisotopic (exact) mass is 837 g/mol. The summed E-state index contributed by atoms with van der Waals surface area (Å²) in [5.74, 6) is 1.51. The van der Waals surface area contributed by atoms with Crippen LogP contribution in [0.15, 0.2) is 241 Å². The number of hydrogen-bond acceptors (Lipinski definition) is 4. The lowest BCUT2D eigenvalue weighted by Crippen LogP contribution is -2.11. The number of thiophene rings is 1. The molecule has 0 saturated heterocycles. The van der Waals surface area contributed by atoms with Crippen LogP contribution in [0, 0.1) is 0 Å². The van der Waals surface area contributed by atoms with Crippen LogP contribution in [0.3, 0.4) is 0 Å². The molecule has 12 rings (SSSR count). The predicted octanol–water partition coefficient (Wildman–Crippen LogP) is 17.9. The number of ether oxygens (including phenoxy) is 1. The van der Waals surface area contributed by atoms with Gasteiger partial charge in [0.15, 0.2) is 0 Å². The van der Waals surface area contributed by atoms with Gasteiger partial charge in [-0.1, -0.05) is 164 Å². The van der Waals surface area contributed by atoms with Crippen molar-refractivity contribution < 1.29 is 9.15 Å². The molecule has 0 bridgehead atoms. The van der Waals surface area contributed by atoms with Gasteiger partial charge in [-0.25, -0.2) is 0 Å². The third-order valence-corrected chi connectivity index (χ3v) is 13.2. The molecule has 0 amide bonds. The summed E-state index contributed by atoms with van der Waals surface area (Å²) in [6.45, 7) is 0. The maximum Gasteiger partial charge on any atom is 0.138 e. The van der Waals surface area contributed by atoms with E-state index in [0.717, 1.165) is 95.0 Å². The van der Waals surface area contributed by atoms with Crippen molar-refractivity contribution in [1.82, 2.24) is 0 Å². The number of anilines is 3. The number of rotatable bonds is 9. The largest absolute Gasteiger partial charge is 0.457 e. The standard InChI is InChI=1S/C60H39NO2S/c1-5-16-40(17-6-1)44-24-15-25-49(34-44)62-56-38-47(29-32-50(56)43-22-11-4-12-23-43)61(48-30-33-52-51-26-13-14-27-58(51)64-59(52)39-48)54-35-46(42-20-9-3-10-21-42)37-57-60(54)53-31-28-45(36-55(53)63-57)41-18-7-2-8-19-41/h1-39H. The Balaban J connectivity index is 1.11. The Bertz CT molecular complexity index is 3630. The van der Waals surface area contributed by atoms with Gasteiger partial charge in [0.1, 0.15) is 22.7 Å². The van der Waals surface area contributed by atoms with Crippen molar-refractivity contribution in [2.45, 2.75) is 0 Å². The van der Waals surface area contributed by atoms with Crippen LogP contribution in [-0.2, 0) is 0 Å². The minimum atomic E-state index is 0.752. The number of fused-ring (bicyclic) bond motifs is 6. The van der Waals surface area contributed by atoms with Crippen LogP contribution in [0.4, 0.5) is 17.1 Å². The molecule has 0 aliphatic carbocycles. The molecule has 2 heterocycles. The van der Waals surface area contributed by atoms with Crippen LogP contribution in [0.25, 0.3) is 86.6 Å². The number of furan rings is 1. The van der Waals surface area contributed by atoms with Gasteiger partial charge in [0.2, 0.25) is 0 Å². The van der Waals surface area contributed by atoms with E-state index in [9.17, 15) is 0 Å². The summed E-state index contributed by atoms with van der Waals surface area (Å²) < 4.78 is 16.5. The summed E-state index contributed by atoms with van der Waals surface area (Å²) in [5, 5.41) is 4.60. The Hall–Kier alpha value is -8.18. The second-order valence-electron chi connectivity index (χ2n) is 16.1. The predicted molar refractivity (Wildman–Crippen MR) is 270 cm³/mol. The molecule has 2 aromatic heterocycles. The molecule has 64 heavy (non-hydrogen) atoms. The van der Waals surface area contributed by atoms with Gasteiger partial charge >= 0.3 is 0 Å². The SMILES string of the molecule is c1ccc(-c2cccc(Oc3cc(N(c4ccc5c(c4)sc4ccccc45)c4cc(-c5ccccc5)cc5oc6cc(-c7ccccc7)ccc6c45)ccc3-c3ccccc3)c2)cc1. The third-order valence-electron chi connectivity index (χ3n) is 12.1. The van der Waals surface area contributed by atoms with E-state index in [-0.39, 0.29) is 0 Å². The van der Waals surface area contributed by atoms with Crippen molar-refractivity contribution in [2.75, 3.05) is 4.90 Å². The van der Waals surface area contributed by atoms with Crippen LogP contribution >= 0.6 is 11.3 Å². The first kappa shape index (κ1) is 37.6. The topological polar surface area (TPSA) is 25.6 Å². The maximum atomic E-state index is 7.05. The van der Waals surface area contributed by atoms with Crippen molar-refractivity contribution in [3.63, 3.8) is 0 Å². The van der Waals surface area contributed by atoms with Crippen molar-refractivity contribution in [3.05, 3.63) is 237 Å². The first-order valence-corrected chi connectivity index (χ1v) is 22.4. The zero-order valence-corrected chi connectivity index (χ0v) is 35.5. The van der Waals surface area contributed by atoms with E-state index >= 15 is 0 Å². The van der Waals surface area contributed by atoms with E-state index in [1.807, 2.05) is 23.5 Å². The highest BCUT2D eigenvalue weighted by molar-refractivity contribution is 7.25. The molecule has 3 nitrogen and oxygen atoms in total. The summed E-state index contributed by atoms with van der Waals surface area (Å²) in [6.07, 6.45) is 0. The first-order valence-electron chi connectivity index (χ1n) is 21.6. The van der Waals surface area contributed by atoms with Crippen LogP contribution in [0.2, 0.25) is 0 Å². The van der Waals surface area contributed by atoms with Crippen molar-refractivity contribution in [1.29, 1.82) is 0 Å². The van der Waals surface area contributed by atoms with E-state index in [1.54, 1.807) is 0 Å². The summed E-state index contributed by atoms with van der Waals surface area (Å²) in [7, 11) is 0. The minimum Gasteiger partial charge on any atom is -0.457 e. The average molecular weight is 838 g/mol. The fraction of sp³-hybridized carbons (Fsp3) is 0. The lowest BCUT2D eigenvalue weighted by molar-refractivity contribution is 0.485. The molecule has 0 spiro atoms. The van der Waals surface area contributed by atoms with Gasteiger partial charge in [0.05, 0.1) is 11.1 Å². The number of hydrogen-bond donors (Lipinski definition) is 0. The molecule has 0 aliphatic heterocycles. The molecular formula is C60H39NO2S. The molecule has 0 radical (unpaired) electrons. The van der Waals surface area contributed by atoms with Gasteiger partial charge in [0, 0.05) is 48.6 Å². The zero-order chi connectivity index (χ0) is 42.4. The third kappa shape index (κ3) is 6.87. The highest BCUT2D eigenvalue weighted by Crippen LogP contribution is 2.49. The first-order chi connectivity index (χ1) is 31.7. The highest BCUT2D eigenvalue weighted by Gasteiger charge is 2.24. The van der Waals surface area contributed by atoms with Gasteiger partial charge < -0.3 is 14.1 Å². The number of benzene rings is 10. The Morgan fingerprint density at radius 1 is 0.359 bits per heavy atom. The van der Waals surface area contributed by atoms with E-state index in [1.165, 1.54) is 20.2 Å². The molecule has 10 aromatic carbocycles. The summed E-state index contributed by atoms with van der Waals surface area (Å²) in [5.41, 5.74) is 13.4. The Morgan fingerprint density at radius 3 is 1.66 bits per heavy atom. The van der Waals surface area contributed by atoms with Crippen molar-refractivity contribution >= 4 is 70.5 Å². The smallest absolute Gasteiger partial charge is 0.138 e. The molecule has 4 heteroatoms. The lowest BCUT2D eigenvalue weighted by atomic mass is 9.98. The Labute approximate surface area is 375 Å². The van der Waals surface area contributed by atoms with Gasteiger partial charge in [-0.15, -0.1) is 11.3 Å². The lowest BCUT2D eigenvalue weighted by Gasteiger charge is -2.28. The Kier molecular flexibility index (Phi) is 9.36. The van der Waals surface area contributed by atoms with Crippen molar-refractivity contribution in [3.8, 4) is 56.0 Å². The van der Waals surface area contributed by atoms with E-state index in [0.29, 0.717) is 0 Å². The molecule has 0 N–H and O–H groups in total. The summed E-state index contributed by atoms with van der Waals surface area (Å²) >= 11 is 1.83. The molecule has 0 fully saturated rings. The quantitative estimate of drug-likeness (QED) is 0.145. The highest BCUT2D eigenvalue weighted by atomic mass is 32.1. The molecule has 302 valence electrons. The molecule has 0 atom stereocenters. The fourth-order valence-electron chi connectivity index (χ4n) is 9.04. The second kappa shape index (κ2) is 15.9. The van der Waals surface area contributed by atoms with E-state index in [2.05, 4.69) is 229 Å². The minimum absolute atomic E-state index is 0.752.